The molecule has 6 nitrogen and oxygen atoms in total. The van der Waals surface area contributed by atoms with E-state index in [1.54, 1.807) is 14.2 Å². The Hall–Kier alpha value is -2.24. The zero-order valence-corrected chi connectivity index (χ0v) is 16.1. The molecule has 26 heavy (non-hydrogen) atoms. The summed E-state index contributed by atoms with van der Waals surface area (Å²) in [6.07, 6.45) is 1.75. The highest BCUT2D eigenvalue weighted by atomic mass is 16.5. The summed E-state index contributed by atoms with van der Waals surface area (Å²) >= 11 is 0. The summed E-state index contributed by atoms with van der Waals surface area (Å²) in [5, 5.41) is 0. The second-order valence-electron chi connectivity index (χ2n) is 6.62. The van der Waals surface area contributed by atoms with Crippen LogP contribution in [-0.4, -0.2) is 50.7 Å². The summed E-state index contributed by atoms with van der Waals surface area (Å²) < 4.78 is 15.7. The first-order chi connectivity index (χ1) is 12.5. The normalized spacial score (nSPS) is 16.1. The molecule has 1 aromatic carbocycles. The minimum atomic E-state index is -0.143. The molecule has 1 aromatic rings. The predicted octanol–water partition coefficient (Wildman–Crippen LogP) is 3.00. The van der Waals surface area contributed by atoms with E-state index >= 15 is 0 Å². The fraction of sp³-hybridized carbons (Fsp3) is 0.600. The molecule has 0 N–H and O–H groups in total. The van der Waals surface area contributed by atoms with Crippen LogP contribution in [0, 0.1) is 5.92 Å². The van der Waals surface area contributed by atoms with Gasteiger partial charge in [0.25, 0.3) is 0 Å². The van der Waals surface area contributed by atoms with Crippen LogP contribution in [-0.2, 0) is 14.3 Å². The van der Waals surface area contributed by atoms with E-state index in [1.807, 2.05) is 36.9 Å². The van der Waals surface area contributed by atoms with Crippen LogP contribution in [0.3, 0.4) is 0 Å². The number of carbonyl (C=O) groups excluding carboxylic acids is 2. The average molecular weight is 363 g/mol. The van der Waals surface area contributed by atoms with Gasteiger partial charge in [-0.25, -0.2) is 0 Å². The summed E-state index contributed by atoms with van der Waals surface area (Å²) in [5.41, 5.74) is 0.989. The lowest BCUT2D eigenvalue weighted by molar-refractivity contribution is -0.151. The van der Waals surface area contributed by atoms with E-state index in [2.05, 4.69) is 0 Å². The van der Waals surface area contributed by atoms with Gasteiger partial charge in [-0.15, -0.1) is 0 Å². The molecule has 1 unspecified atom stereocenters. The van der Waals surface area contributed by atoms with Crippen LogP contribution >= 0.6 is 0 Å². The fourth-order valence-corrected chi connectivity index (χ4v) is 3.35. The highest BCUT2D eigenvalue weighted by molar-refractivity contribution is 5.78. The van der Waals surface area contributed by atoms with E-state index in [4.69, 9.17) is 14.2 Å². The van der Waals surface area contributed by atoms with Crippen LogP contribution in [0.1, 0.15) is 44.6 Å². The quantitative estimate of drug-likeness (QED) is 0.697. The summed E-state index contributed by atoms with van der Waals surface area (Å²) in [6.45, 7) is 5.45. The minimum absolute atomic E-state index is 0.0335. The molecule has 1 fully saturated rings. The standard InChI is InChI=1S/C20H29NO5/c1-5-26-20(23)15-8-10-21(11-9-15)19(22)12-14(2)17-7-6-16(24-3)13-18(17)25-4/h6-7,13-15H,5,8-12H2,1-4H3. The number of benzene rings is 1. The topological polar surface area (TPSA) is 65.1 Å². The third-order valence-corrected chi connectivity index (χ3v) is 4.92. The van der Waals surface area contributed by atoms with E-state index in [1.165, 1.54) is 0 Å². The molecule has 0 aromatic heterocycles. The lowest BCUT2D eigenvalue weighted by atomic mass is 9.93. The summed E-state index contributed by atoms with van der Waals surface area (Å²) in [5.74, 6) is 1.37. The minimum Gasteiger partial charge on any atom is -0.497 e. The Morgan fingerprint density at radius 3 is 2.46 bits per heavy atom. The number of carbonyl (C=O) groups is 2. The van der Waals surface area contributed by atoms with E-state index in [-0.39, 0.29) is 23.7 Å². The van der Waals surface area contributed by atoms with Gasteiger partial charge in [-0.05, 0) is 37.3 Å². The fourth-order valence-electron chi connectivity index (χ4n) is 3.35. The van der Waals surface area contributed by atoms with Crippen molar-refractivity contribution in [2.45, 2.75) is 39.0 Å². The molecule has 0 bridgehead atoms. The van der Waals surface area contributed by atoms with Gasteiger partial charge in [0, 0.05) is 25.6 Å². The van der Waals surface area contributed by atoms with Gasteiger partial charge in [-0.3, -0.25) is 9.59 Å². The summed E-state index contributed by atoms with van der Waals surface area (Å²) in [7, 11) is 3.23. The lowest BCUT2D eigenvalue weighted by Gasteiger charge is -2.31. The molecular weight excluding hydrogens is 334 g/mol. The van der Waals surface area contributed by atoms with Gasteiger partial charge < -0.3 is 19.1 Å². The van der Waals surface area contributed by atoms with E-state index < -0.39 is 0 Å². The van der Waals surface area contributed by atoms with Crippen molar-refractivity contribution in [1.82, 2.24) is 4.90 Å². The van der Waals surface area contributed by atoms with Gasteiger partial charge >= 0.3 is 5.97 Å². The highest BCUT2D eigenvalue weighted by Gasteiger charge is 2.29. The Morgan fingerprint density at radius 2 is 1.88 bits per heavy atom. The van der Waals surface area contributed by atoms with Crippen molar-refractivity contribution in [3.05, 3.63) is 23.8 Å². The molecule has 1 heterocycles. The molecule has 1 saturated heterocycles. The molecule has 2 rings (SSSR count). The molecule has 6 heteroatoms. The van der Waals surface area contributed by atoms with Crippen LogP contribution in [0.15, 0.2) is 18.2 Å². The maximum absolute atomic E-state index is 12.7. The molecule has 1 atom stereocenters. The zero-order chi connectivity index (χ0) is 19.1. The number of esters is 1. The first-order valence-electron chi connectivity index (χ1n) is 9.16. The van der Waals surface area contributed by atoms with Gasteiger partial charge in [0.1, 0.15) is 11.5 Å². The number of piperidine rings is 1. The smallest absolute Gasteiger partial charge is 0.309 e. The number of ether oxygens (including phenoxy) is 3. The second-order valence-corrected chi connectivity index (χ2v) is 6.62. The molecule has 0 spiro atoms. The average Bonchev–Trinajstić information content (AvgIpc) is 2.67. The molecule has 0 saturated carbocycles. The monoisotopic (exact) mass is 363 g/mol. The first kappa shape index (κ1) is 20.1. The largest absolute Gasteiger partial charge is 0.497 e. The number of methoxy groups -OCH3 is 2. The third kappa shape index (κ3) is 4.90. The van der Waals surface area contributed by atoms with Crippen molar-refractivity contribution in [3.63, 3.8) is 0 Å². The SMILES string of the molecule is CCOC(=O)C1CCN(C(=O)CC(C)c2ccc(OC)cc2OC)CC1. The number of likely N-dealkylation sites (tertiary alicyclic amines) is 1. The van der Waals surface area contributed by atoms with E-state index in [0.29, 0.717) is 39.0 Å². The molecular formula is C20H29NO5. The van der Waals surface area contributed by atoms with E-state index in [0.717, 1.165) is 17.1 Å². The van der Waals surface area contributed by atoms with Crippen LogP contribution in [0.2, 0.25) is 0 Å². The molecule has 1 aliphatic rings. The van der Waals surface area contributed by atoms with Gasteiger partial charge in [0.2, 0.25) is 5.91 Å². The van der Waals surface area contributed by atoms with Crippen molar-refractivity contribution in [3.8, 4) is 11.5 Å². The third-order valence-electron chi connectivity index (χ3n) is 4.92. The molecule has 144 valence electrons. The number of hydrogen-bond acceptors (Lipinski definition) is 5. The Kier molecular flexibility index (Phi) is 7.30. The van der Waals surface area contributed by atoms with Crippen molar-refractivity contribution in [1.29, 1.82) is 0 Å². The Bertz CT molecular complexity index is 623. The Morgan fingerprint density at radius 1 is 1.19 bits per heavy atom. The van der Waals surface area contributed by atoms with Crippen LogP contribution in [0.5, 0.6) is 11.5 Å². The van der Waals surface area contributed by atoms with Gasteiger partial charge in [-0.2, -0.15) is 0 Å². The highest BCUT2D eigenvalue weighted by Crippen LogP contribution is 2.33. The Balaban J connectivity index is 1.93. The Labute approximate surface area is 155 Å². The molecule has 0 radical (unpaired) electrons. The maximum atomic E-state index is 12.7. The van der Waals surface area contributed by atoms with Crippen LogP contribution < -0.4 is 9.47 Å². The maximum Gasteiger partial charge on any atom is 0.309 e. The summed E-state index contributed by atoms with van der Waals surface area (Å²) in [4.78, 5) is 26.3. The number of amides is 1. The van der Waals surface area contributed by atoms with E-state index in [9.17, 15) is 9.59 Å². The number of nitrogens with zero attached hydrogens (tertiary/aromatic N) is 1. The van der Waals surface area contributed by atoms with Crippen molar-refractivity contribution >= 4 is 11.9 Å². The van der Waals surface area contributed by atoms with Crippen molar-refractivity contribution in [2.24, 2.45) is 5.92 Å². The predicted molar refractivity (Wildman–Crippen MR) is 98.5 cm³/mol. The van der Waals surface area contributed by atoms with Crippen molar-refractivity contribution < 1.29 is 23.8 Å². The van der Waals surface area contributed by atoms with Crippen LogP contribution in [0.25, 0.3) is 0 Å². The first-order valence-corrected chi connectivity index (χ1v) is 9.16. The second kappa shape index (κ2) is 9.46. The zero-order valence-electron chi connectivity index (χ0n) is 16.1. The van der Waals surface area contributed by atoms with Crippen molar-refractivity contribution in [2.75, 3.05) is 33.9 Å². The lowest BCUT2D eigenvalue weighted by Crippen LogP contribution is -2.41. The summed E-state index contributed by atoms with van der Waals surface area (Å²) in [6, 6.07) is 5.66. The number of rotatable bonds is 7. The number of hydrogen-bond donors (Lipinski definition) is 0. The molecule has 1 aliphatic heterocycles. The van der Waals surface area contributed by atoms with Gasteiger partial charge in [-0.1, -0.05) is 13.0 Å². The molecule has 0 aliphatic carbocycles. The van der Waals surface area contributed by atoms with Gasteiger partial charge in [0.15, 0.2) is 0 Å². The molecule has 1 amide bonds. The van der Waals surface area contributed by atoms with Crippen LogP contribution in [0.4, 0.5) is 0 Å². The van der Waals surface area contributed by atoms with Gasteiger partial charge in [0.05, 0.1) is 26.7 Å².